The fourth-order valence-corrected chi connectivity index (χ4v) is 2.42. The van der Waals surface area contributed by atoms with Gasteiger partial charge in [0, 0.05) is 35.8 Å². The van der Waals surface area contributed by atoms with Crippen LogP contribution in [0.15, 0.2) is 18.2 Å². The Morgan fingerprint density at radius 2 is 2.11 bits per heavy atom. The number of carbonyl (C=O) groups excluding carboxylic acids is 1. The van der Waals surface area contributed by atoms with Gasteiger partial charge < -0.3 is 10.2 Å². The molecule has 2 unspecified atom stereocenters. The van der Waals surface area contributed by atoms with Crippen LogP contribution in [0.5, 0.6) is 0 Å². The first-order chi connectivity index (χ1) is 8.50. The molecule has 1 heterocycles. The number of halogens is 2. The third-order valence-corrected chi connectivity index (χ3v) is 4.12. The van der Waals surface area contributed by atoms with Gasteiger partial charge in [-0.15, -0.1) is 12.4 Å². The highest BCUT2D eigenvalue weighted by atomic mass is 35.5. The van der Waals surface area contributed by atoms with Gasteiger partial charge in [0.2, 0.25) is 0 Å². The number of carbonyl (C=O) groups is 1. The first kappa shape index (κ1) is 16.3. The molecule has 19 heavy (non-hydrogen) atoms. The maximum Gasteiger partial charge on any atom is 0.254 e. The fourth-order valence-electron chi connectivity index (χ4n) is 2.23. The molecule has 1 aromatic carbocycles. The molecule has 0 saturated carbocycles. The predicted octanol–water partition coefficient (Wildman–Crippen LogP) is 2.89. The van der Waals surface area contributed by atoms with Crippen LogP contribution >= 0.6 is 24.0 Å². The van der Waals surface area contributed by atoms with E-state index < -0.39 is 0 Å². The van der Waals surface area contributed by atoms with Crippen LogP contribution in [0, 0.1) is 6.92 Å². The summed E-state index contributed by atoms with van der Waals surface area (Å²) in [5.41, 5.74) is 1.67. The van der Waals surface area contributed by atoms with Crippen molar-refractivity contribution in [2.24, 2.45) is 0 Å². The Balaban J connectivity index is 0.00000180. The molecule has 1 fully saturated rings. The maximum atomic E-state index is 12.5. The van der Waals surface area contributed by atoms with E-state index in [1.54, 1.807) is 6.07 Å². The molecule has 0 aromatic heterocycles. The topological polar surface area (TPSA) is 32.3 Å². The molecule has 1 aliphatic rings. The zero-order chi connectivity index (χ0) is 13.3. The van der Waals surface area contributed by atoms with Crippen LogP contribution in [-0.2, 0) is 0 Å². The monoisotopic (exact) mass is 302 g/mol. The highest BCUT2D eigenvalue weighted by Gasteiger charge is 2.28. The summed E-state index contributed by atoms with van der Waals surface area (Å²) in [4.78, 5) is 14.4. The Bertz CT molecular complexity index is 465. The molecule has 2 atom stereocenters. The van der Waals surface area contributed by atoms with Gasteiger partial charge in [-0.2, -0.15) is 0 Å². The van der Waals surface area contributed by atoms with Crippen molar-refractivity contribution in [2.45, 2.75) is 32.9 Å². The number of nitrogens with one attached hydrogen (secondary N) is 1. The van der Waals surface area contributed by atoms with Gasteiger partial charge >= 0.3 is 0 Å². The van der Waals surface area contributed by atoms with Gasteiger partial charge in [-0.3, -0.25) is 4.79 Å². The molecule has 0 aliphatic carbocycles. The minimum absolute atomic E-state index is 0. The SMILES string of the molecule is Cc1ccc(C(=O)N2CCNC(C)C2C)cc1Cl.Cl. The number of piperazine rings is 1. The van der Waals surface area contributed by atoms with Gasteiger partial charge in [0.05, 0.1) is 0 Å². The molecule has 1 N–H and O–H groups in total. The minimum Gasteiger partial charge on any atom is -0.333 e. The Hall–Kier alpha value is -0.770. The van der Waals surface area contributed by atoms with Crippen LogP contribution in [0.25, 0.3) is 0 Å². The second-order valence-electron chi connectivity index (χ2n) is 4.95. The van der Waals surface area contributed by atoms with E-state index in [2.05, 4.69) is 19.2 Å². The summed E-state index contributed by atoms with van der Waals surface area (Å²) in [6.45, 7) is 7.70. The molecular formula is C14H20Cl2N2O. The van der Waals surface area contributed by atoms with Gasteiger partial charge in [-0.1, -0.05) is 17.7 Å². The van der Waals surface area contributed by atoms with Gasteiger partial charge in [-0.25, -0.2) is 0 Å². The first-order valence-electron chi connectivity index (χ1n) is 6.31. The van der Waals surface area contributed by atoms with Gasteiger partial charge in [0.1, 0.15) is 0 Å². The summed E-state index contributed by atoms with van der Waals surface area (Å²) in [6, 6.07) is 6.03. The Labute approximate surface area is 125 Å². The molecule has 3 nitrogen and oxygen atoms in total. The average Bonchev–Trinajstić information content (AvgIpc) is 2.35. The van der Waals surface area contributed by atoms with E-state index in [4.69, 9.17) is 11.6 Å². The molecular weight excluding hydrogens is 283 g/mol. The third kappa shape index (κ3) is 3.41. The summed E-state index contributed by atoms with van der Waals surface area (Å²) in [7, 11) is 0. The fraction of sp³-hybridized carbons (Fsp3) is 0.500. The molecule has 0 radical (unpaired) electrons. The number of rotatable bonds is 1. The largest absolute Gasteiger partial charge is 0.333 e. The first-order valence-corrected chi connectivity index (χ1v) is 6.69. The minimum atomic E-state index is 0. The molecule has 0 bridgehead atoms. The number of aryl methyl sites for hydroxylation is 1. The molecule has 1 saturated heterocycles. The number of hydrogen-bond donors (Lipinski definition) is 1. The Kier molecular flexibility index (Phi) is 5.65. The molecule has 0 spiro atoms. The van der Waals surface area contributed by atoms with E-state index in [0.29, 0.717) is 16.6 Å². The summed E-state index contributed by atoms with van der Waals surface area (Å²) < 4.78 is 0. The highest BCUT2D eigenvalue weighted by molar-refractivity contribution is 6.31. The zero-order valence-electron chi connectivity index (χ0n) is 11.4. The van der Waals surface area contributed by atoms with Gasteiger partial charge in [0.15, 0.2) is 0 Å². The quantitative estimate of drug-likeness (QED) is 0.865. The smallest absolute Gasteiger partial charge is 0.254 e. The average molecular weight is 303 g/mol. The van der Waals surface area contributed by atoms with Crippen molar-refractivity contribution in [2.75, 3.05) is 13.1 Å². The molecule has 2 rings (SSSR count). The number of hydrogen-bond acceptors (Lipinski definition) is 2. The second-order valence-corrected chi connectivity index (χ2v) is 5.35. The molecule has 5 heteroatoms. The van der Waals surface area contributed by atoms with Crippen molar-refractivity contribution in [1.29, 1.82) is 0 Å². The van der Waals surface area contributed by atoms with Crippen molar-refractivity contribution in [3.63, 3.8) is 0 Å². The molecule has 106 valence electrons. The van der Waals surface area contributed by atoms with Crippen LogP contribution < -0.4 is 5.32 Å². The van der Waals surface area contributed by atoms with Gasteiger partial charge in [0.25, 0.3) is 5.91 Å². The summed E-state index contributed by atoms with van der Waals surface area (Å²) in [5, 5.41) is 4.02. The summed E-state index contributed by atoms with van der Waals surface area (Å²) >= 11 is 6.08. The van der Waals surface area contributed by atoms with Crippen molar-refractivity contribution in [1.82, 2.24) is 10.2 Å². The van der Waals surface area contributed by atoms with Crippen molar-refractivity contribution < 1.29 is 4.79 Å². The standard InChI is InChI=1S/C14H19ClN2O.ClH/c1-9-4-5-12(8-13(9)15)14(18)17-7-6-16-10(2)11(17)3;/h4-5,8,10-11,16H,6-7H2,1-3H3;1H. The lowest BCUT2D eigenvalue weighted by Crippen LogP contribution is -2.57. The van der Waals surface area contributed by atoms with E-state index in [9.17, 15) is 4.79 Å². The van der Waals surface area contributed by atoms with Crippen LogP contribution in [-0.4, -0.2) is 36.0 Å². The lowest BCUT2D eigenvalue weighted by Gasteiger charge is -2.38. The normalized spacial score (nSPS) is 22.8. The van der Waals surface area contributed by atoms with Crippen molar-refractivity contribution >= 4 is 29.9 Å². The van der Waals surface area contributed by atoms with Crippen LogP contribution in [0.3, 0.4) is 0 Å². The second kappa shape index (κ2) is 6.60. The van der Waals surface area contributed by atoms with E-state index in [1.807, 2.05) is 24.0 Å². The Morgan fingerprint density at radius 1 is 1.42 bits per heavy atom. The maximum absolute atomic E-state index is 12.5. The van der Waals surface area contributed by atoms with E-state index >= 15 is 0 Å². The van der Waals surface area contributed by atoms with E-state index in [0.717, 1.165) is 18.7 Å². The summed E-state index contributed by atoms with van der Waals surface area (Å²) in [6.07, 6.45) is 0. The number of nitrogens with zero attached hydrogens (tertiary/aromatic N) is 1. The van der Waals surface area contributed by atoms with Crippen molar-refractivity contribution in [3.8, 4) is 0 Å². The lowest BCUT2D eigenvalue weighted by atomic mass is 10.0. The molecule has 1 aliphatic heterocycles. The molecule has 1 aromatic rings. The highest BCUT2D eigenvalue weighted by Crippen LogP contribution is 2.20. The van der Waals surface area contributed by atoms with Crippen LogP contribution in [0.1, 0.15) is 29.8 Å². The predicted molar refractivity (Wildman–Crippen MR) is 81.4 cm³/mol. The Morgan fingerprint density at radius 3 is 2.74 bits per heavy atom. The summed E-state index contributed by atoms with van der Waals surface area (Å²) in [5.74, 6) is 0.0674. The van der Waals surface area contributed by atoms with Crippen molar-refractivity contribution in [3.05, 3.63) is 34.3 Å². The number of benzene rings is 1. The van der Waals surface area contributed by atoms with Gasteiger partial charge in [-0.05, 0) is 38.5 Å². The lowest BCUT2D eigenvalue weighted by molar-refractivity contribution is 0.0603. The number of amides is 1. The van der Waals surface area contributed by atoms with Crippen LogP contribution in [0.4, 0.5) is 0 Å². The zero-order valence-corrected chi connectivity index (χ0v) is 13.0. The third-order valence-electron chi connectivity index (χ3n) is 3.71. The van der Waals surface area contributed by atoms with E-state index in [1.165, 1.54) is 0 Å². The molecule has 1 amide bonds. The van der Waals surface area contributed by atoms with E-state index in [-0.39, 0.29) is 24.4 Å². The van der Waals surface area contributed by atoms with Crippen LogP contribution in [0.2, 0.25) is 5.02 Å².